The normalized spacial score (nSPS) is 12.7. The smallest absolute Gasteiger partial charge is 0.316 e. The minimum Gasteiger partial charge on any atom is -0.480 e. The van der Waals surface area contributed by atoms with Gasteiger partial charge in [0.25, 0.3) is 0 Å². The highest BCUT2D eigenvalue weighted by molar-refractivity contribution is 8.00. The van der Waals surface area contributed by atoms with Gasteiger partial charge in [0, 0.05) is 6.61 Å². The van der Waals surface area contributed by atoms with E-state index in [0.717, 1.165) is 25.0 Å². The van der Waals surface area contributed by atoms with E-state index >= 15 is 0 Å². The largest absolute Gasteiger partial charge is 0.480 e. The molecule has 1 atom stereocenters. The van der Waals surface area contributed by atoms with E-state index in [9.17, 15) is 4.79 Å². The molecule has 1 unspecified atom stereocenters. The summed E-state index contributed by atoms with van der Waals surface area (Å²) in [5.41, 5.74) is 0. The van der Waals surface area contributed by atoms with Gasteiger partial charge in [0.05, 0.1) is 0 Å². The van der Waals surface area contributed by atoms with Gasteiger partial charge in [-0.3, -0.25) is 4.79 Å². The molecular formula is C11H22O3S. The number of unbranched alkanes of at least 4 members (excludes halogenated alkanes) is 3. The van der Waals surface area contributed by atoms with Crippen LogP contribution < -0.4 is 0 Å². The van der Waals surface area contributed by atoms with Crippen molar-refractivity contribution in [1.29, 1.82) is 0 Å². The van der Waals surface area contributed by atoms with Crippen LogP contribution >= 0.6 is 11.8 Å². The molecule has 0 spiro atoms. The van der Waals surface area contributed by atoms with E-state index in [2.05, 4.69) is 6.92 Å². The summed E-state index contributed by atoms with van der Waals surface area (Å²) in [7, 11) is 0. The minimum atomic E-state index is -0.713. The third kappa shape index (κ3) is 8.75. The molecule has 0 aromatic carbocycles. The van der Waals surface area contributed by atoms with Crippen LogP contribution in [0.5, 0.6) is 0 Å². The van der Waals surface area contributed by atoms with Gasteiger partial charge >= 0.3 is 5.97 Å². The Balaban J connectivity index is 3.59. The maximum atomic E-state index is 10.9. The summed E-state index contributed by atoms with van der Waals surface area (Å²) in [6.07, 6.45) is 5.93. The highest BCUT2D eigenvalue weighted by atomic mass is 32.2. The van der Waals surface area contributed by atoms with Crippen molar-refractivity contribution in [3.8, 4) is 0 Å². The van der Waals surface area contributed by atoms with E-state index in [1.54, 1.807) is 0 Å². The summed E-state index contributed by atoms with van der Waals surface area (Å²) in [6.45, 7) is 2.29. The first kappa shape index (κ1) is 14.8. The molecule has 0 amide bonds. The average Bonchev–Trinajstić information content (AvgIpc) is 2.21. The van der Waals surface area contributed by atoms with Crippen LogP contribution in [0.25, 0.3) is 0 Å². The molecule has 0 bridgehead atoms. The molecule has 0 radical (unpaired) electrons. The quantitative estimate of drug-likeness (QED) is 0.570. The molecule has 0 fully saturated rings. The SMILES string of the molecule is CCCCCCC(SCCCO)C(=O)O. The van der Waals surface area contributed by atoms with Crippen molar-refractivity contribution in [2.24, 2.45) is 0 Å². The molecule has 3 nitrogen and oxygen atoms in total. The molecule has 0 aliphatic rings. The molecule has 0 saturated carbocycles. The Morgan fingerprint density at radius 1 is 1.27 bits per heavy atom. The monoisotopic (exact) mass is 234 g/mol. The first-order chi connectivity index (χ1) is 7.22. The van der Waals surface area contributed by atoms with Gasteiger partial charge < -0.3 is 10.2 Å². The lowest BCUT2D eigenvalue weighted by Crippen LogP contribution is -2.17. The predicted octanol–water partition coefficient (Wildman–Crippen LogP) is 2.53. The van der Waals surface area contributed by atoms with E-state index in [1.165, 1.54) is 24.6 Å². The van der Waals surface area contributed by atoms with Crippen molar-refractivity contribution >= 4 is 17.7 Å². The zero-order valence-corrected chi connectivity index (χ0v) is 10.3. The maximum Gasteiger partial charge on any atom is 0.316 e. The summed E-state index contributed by atoms with van der Waals surface area (Å²) < 4.78 is 0. The summed E-state index contributed by atoms with van der Waals surface area (Å²) in [5.74, 6) is 0.0239. The van der Waals surface area contributed by atoms with Crippen molar-refractivity contribution in [2.75, 3.05) is 12.4 Å². The summed E-state index contributed by atoms with van der Waals surface area (Å²) in [6, 6.07) is 0. The third-order valence-corrected chi connectivity index (χ3v) is 3.58. The van der Waals surface area contributed by atoms with E-state index in [4.69, 9.17) is 10.2 Å². The second-order valence-corrected chi connectivity index (χ2v) is 4.93. The zero-order chi connectivity index (χ0) is 11.5. The highest BCUT2D eigenvalue weighted by Gasteiger charge is 2.16. The molecular weight excluding hydrogens is 212 g/mol. The fourth-order valence-corrected chi connectivity index (χ4v) is 2.38. The molecule has 0 aliphatic heterocycles. The molecule has 4 heteroatoms. The lowest BCUT2D eigenvalue weighted by molar-refractivity contribution is -0.136. The van der Waals surface area contributed by atoms with Crippen LogP contribution in [0, 0.1) is 0 Å². The number of carbonyl (C=O) groups is 1. The number of rotatable bonds is 10. The Kier molecular flexibility index (Phi) is 10.2. The van der Waals surface area contributed by atoms with Gasteiger partial charge in [-0.2, -0.15) is 0 Å². The first-order valence-electron chi connectivity index (χ1n) is 5.67. The fraction of sp³-hybridized carbons (Fsp3) is 0.909. The van der Waals surface area contributed by atoms with Crippen molar-refractivity contribution in [1.82, 2.24) is 0 Å². The van der Waals surface area contributed by atoms with E-state index < -0.39 is 5.97 Å². The molecule has 0 saturated heterocycles. The predicted molar refractivity (Wildman–Crippen MR) is 64.3 cm³/mol. The molecule has 0 heterocycles. The van der Waals surface area contributed by atoms with Crippen LogP contribution in [0.4, 0.5) is 0 Å². The third-order valence-electron chi connectivity index (χ3n) is 2.22. The number of hydrogen-bond acceptors (Lipinski definition) is 3. The Hall–Kier alpha value is -0.220. The van der Waals surface area contributed by atoms with Crippen LogP contribution in [-0.2, 0) is 4.79 Å². The van der Waals surface area contributed by atoms with Gasteiger partial charge in [0.1, 0.15) is 5.25 Å². The Morgan fingerprint density at radius 3 is 2.53 bits per heavy atom. The van der Waals surface area contributed by atoms with Gasteiger partial charge in [-0.15, -0.1) is 11.8 Å². The number of carboxylic acids is 1. The van der Waals surface area contributed by atoms with Crippen LogP contribution in [0.3, 0.4) is 0 Å². The van der Waals surface area contributed by atoms with Crippen LogP contribution in [0.15, 0.2) is 0 Å². The first-order valence-corrected chi connectivity index (χ1v) is 6.72. The van der Waals surface area contributed by atoms with E-state index in [-0.39, 0.29) is 11.9 Å². The van der Waals surface area contributed by atoms with E-state index in [0.29, 0.717) is 6.42 Å². The summed E-state index contributed by atoms with van der Waals surface area (Å²) in [4.78, 5) is 10.9. The van der Waals surface area contributed by atoms with Gasteiger partial charge in [-0.05, 0) is 18.6 Å². The van der Waals surface area contributed by atoms with Crippen LogP contribution in [0.1, 0.15) is 45.4 Å². The topological polar surface area (TPSA) is 57.5 Å². The van der Waals surface area contributed by atoms with Crippen LogP contribution in [-0.4, -0.2) is 33.8 Å². The second-order valence-electron chi connectivity index (χ2n) is 3.62. The minimum absolute atomic E-state index is 0.148. The Bertz CT molecular complexity index is 162. The second kappa shape index (κ2) is 10.3. The zero-order valence-electron chi connectivity index (χ0n) is 9.45. The van der Waals surface area contributed by atoms with Crippen molar-refractivity contribution < 1.29 is 15.0 Å². The van der Waals surface area contributed by atoms with Gasteiger partial charge in [-0.1, -0.05) is 32.6 Å². The van der Waals surface area contributed by atoms with Gasteiger partial charge in [0.2, 0.25) is 0 Å². The molecule has 90 valence electrons. The van der Waals surface area contributed by atoms with Crippen LogP contribution in [0.2, 0.25) is 0 Å². The van der Waals surface area contributed by atoms with E-state index in [1.807, 2.05) is 0 Å². The number of aliphatic carboxylic acids is 1. The summed E-state index contributed by atoms with van der Waals surface area (Å²) in [5, 5.41) is 17.3. The van der Waals surface area contributed by atoms with Gasteiger partial charge in [-0.25, -0.2) is 0 Å². The summed E-state index contributed by atoms with van der Waals surface area (Å²) >= 11 is 1.45. The number of hydrogen-bond donors (Lipinski definition) is 2. The van der Waals surface area contributed by atoms with Crippen molar-refractivity contribution in [2.45, 2.75) is 50.7 Å². The lowest BCUT2D eigenvalue weighted by atomic mass is 10.1. The Morgan fingerprint density at radius 2 is 2.00 bits per heavy atom. The molecule has 0 aromatic rings. The van der Waals surface area contributed by atoms with Crippen molar-refractivity contribution in [3.05, 3.63) is 0 Å². The average molecular weight is 234 g/mol. The maximum absolute atomic E-state index is 10.9. The number of thioether (sulfide) groups is 1. The number of carboxylic acid groups (broad SMARTS) is 1. The van der Waals surface area contributed by atoms with Crippen molar-refractivity contribution in [3.63, 3.8) is 0 Å². The molecule has 15 heavy (non-hydrogen) atoms. The molecule has 2 N–H and O–H groups in total. The van der Waals surface area contributed by atoms with Gasteiger partial charge in [0.15, 0.2) is 0 Å². The fourth-order valence-electron chi connectivity index (χ4n) is 1.32. The number of aliphatic hydroxyl groups is 1. The molecule has 0 aliphatic carbocycles. The highest BCUT2D eigenvalue weighted by Crippen LogP contribution is 2.19. The standard InChI is InChI=1S/C11H22O3S/c1-2-3-4-5-7-10(11(13)14)15-9-6-8-12/h10,12H,2-9H2,1H3,(H,13,14). The molecule has 0 aromatic heterocycles. The molecule has 0 rings (SSSR count). The lowest BCUT2D eigenvalue weighted by Gasteiger charge is -2.11. The number of aliphatic hydroxyl groups excluding tert-OH is 1. The Labute approximate surface area is 96.3 Å².